The summed E-state index contributed by atoms with van der Waals surface area (Å²) in [6.45, 7) is 3.77. The zero-order valence-electron chi connectivity index (χ0n) is 20.1. The van der Waals surface area contributed by atoms with Crippen molar-refractivity contribution in [3.8, 4) is 11.3 Å². The normalized spacial score (nSPS) is 17.3. The number of aryl methyl sites for hydroxylation is 1. The average molecular weight is 494 g/mol. The first kappa shape index (κ1) is 24.2. The molecule has 0 saturated heterocycles. The molecule has 1 atom stereocenters. The average Bonchev–Trinajstić information content (AvgIpc) is 3.31. The second-order valence-electron chi connectivity index (χ2n) is 9.87. The van der Waals surface area contributed by atoms with Crippen molar-refractivity contribution in [2.24, 2.45) is 5.16 Å². The third-order valence-corrected chi connectivity index (χ3v) is 7.04. The summed E-state index contributed by atoms with van der Waals surface area (Å²) in [6, 6.07) is 11.8. The topological polar surface area (TPSA) is 64.4 Å². The fourth-order valence-electron chi connectivity index (χ4n) is 4.64. The van der Waals surface area contributed by atoms with Gasteiger partial charge in [0.1, 0.15) is 11.3 Å². The highest BCUT2D eigenvalue weighted by molar-refractivity contribution is 6.06. The number of nitrogens with zero attached hydrogens (tertiary/aromatic N) is 3. The molecular formula is C28H26F3N3O2. The van der Waals surface area contributed by atoms with E-state index in [0.717, 1.165) is 53.4 Å². The highest BCUT2D eigenvalue weighted by Crippen LogP contribution is 2.43. The Morgan fingerprint density at radius 3 is 2.42 bits per heavy atom. The summed E-state index contributed by atoms with van der Waals surface area (Å²) >= 11 is 0. The number of halogens is 3. The molecule has 0 unspecified atom stereocenters. The number of pyridine rings is 2. The molecule has 5 rings (SSSR count). The van der Waals surface area contributed by atoms with Gasteiger partial charge in [-0.05, 0) is 73.6 Å². The van der Waals surface area contributed by atoms with Gasteiger partial charge in [0.15, 0.2) is 5.78 Å². The first-order valence-corrected chi connectivity index (χ1v) is 12.0. The Bertz CT molecular complexity index is 1310. The van der Waals surface area contributed by atoms with E-state index in [1.165, 1.54) is 12.3 Å². The van der Waals surface area contributed by atoms with Crippen molar-refractivity contribution < 1.29 is 22.8 Å². The molecule has 8 heteroatoms. The van der Waals surface area contributed by atoms with Crippen LogP contribution in [0.2, 0.25) is 0 Å². The van der Waals surface area contributed by atoms with Crippen molar-refractivity contribution in [1.29, 1.82) is 0 Å². The minimum absolute atomic E-state index is 0.115. The number of hydrogen-bond donors (Lipinski definition) is 0. The maximum atomic E-state index is 13.4. The number of alkyl halides is 3. The zero-order valence-corrected chi connectivity index (χ0v) is 20.1. The van der Waals surface area contributed by atoms with Crippen LogP contribution in [0.4, 0.5) is 13.2 Å². The van der Waals surface area contributed by atoms with Crippen molar-refractivity contribution >= 4 is 11.5 Å². The minimum atomic E-state index is -4.50. The maximum absolute atomic E-state index is 13.4. The van der Waals surface area contributed by atoms with Gasteiger partial charge < -0.3 is 4.84 Å². The fraction of sp³-hybridized carbons (Fsp3) is 0.357. The first-order valence-electron chi connectivity index (χ1n) is 12.0. The van der Waals surface area contributed by atoms with E-state index in [1.807, 2.05) is 44.2 Å². The largest absolute Gasteiger partial charge is 0.433 e. The summed E-state index contributed by atoms with van der Waals surface area (Å²) in [7, 11) is 0. The SMILES string of the molecule is Cc1ccc(-c2cc(C(=O)C[C@H](C)c3ccc(C(F)(F)F)nc3)cc(C3=NOC4(CCC4)C3)c2)nc1. The van der Waals surface area contributed by atoms with E-state index in [2.05, 4.69) is 15.1 Å². The minimum Gasteiger partial charge on any atom is -0.389 e. The molecule has 1 aliphatic heterocycles. The second-order valence-corrected chi connectivity index (χ2v) is 9.87. The molecule has 1 aliphatic carbocycles. The molecule has 1 spiro atoms. The summed E-state index contributed by atoms with van der Waals surface area (Å²) in [6.07, 6.45) is 2.39. The summed E-state index contributed by atoms with van der Waals surface area (Å²) < 4.78 is 38.6. The monoisotopic (exact) mass is 493 g/mol. The molecular weight excluding hydrogens is 467 g/mol. The van der Waals surface area contributed by atoms with E-state index >= 15 is 0 Å². The number of oxime groups is 1. The lowest BCUT2D eigenvalue weighted by Crippen LogP contribution is -2.36. The van der Waals surface area contributed by atoms with E-state index in [1.54, 1.807) is 6.20 Å². The van der Waals surface area contributed by atoms with Crippen molar-refractivity contribution in [3.63, 3.8) is 0 Å². The predicted molar refractivity (Wildman–Crippen MR) is 130 cm³/mol. The molecule has 1 aromatic carbocycles. The molecule has 1 fully saturated rings. The summed E-state index contributed by atoms with van der Waals surface area (Å²) in [5.74, 6) is -0.419. The quantitative estimate of drug-likeness (QED) is 0.351. The van der Waals surface area contributed by atoms with Gasteiger partial charge in [-0.3, -0.25) is 14.8 Å². The van der Waals surface area contributed by atoms with E-state index in [-0.39, 0.29) is 23.7 Å². The molecule has 0 N–H and O–H groups in total. The van der Waals surface area contributed by atoms with Crippen LogP contribution >= 0.6 is 0 Å². The molecule has 36 heavy (non-hydrogen) atoms. The van der Waals surface area contributed by atoms with Crippen LogP contribution in [0.1, 0.15) is 77.7 Å². The predicted octanol–water partition coefficient (Wildman–Crippen LogP) is 6.89. The van der Waals surface area contributed by atoms with E-state index in [9.17, 15) is 18.0 Å². The van der Waals surface area contributed by atoms with Gasteiger partial charge in [-0.25, -0.2) is 0 Å². The lowest BCUT2D eigenvalue weighted by atomic mass is 9.76. The van der Waals surface area contributed by atoms with Gasteiger partial charge in [0.05, 0.1) is 11.4 Å². The molecule has 0 radical (unpaired) electrons. The van der Waals surface area contributed by atoms with Crippen molar-refractivity contribution in [3.05, 3.63) is 82.8 Å². The Hall–Kier alpha value is -3.55. The van der Waals surface area contributed by atoms with Gasteiger partial charge in [0, 0.05) is 41.9 Å². The van der Waals surface area contributed by atoms with Crippen LogP contribution < -0.4 is 0 Å². The van der Waals surface area contributed by atoms with Crippen LogP contribution in [-0.2, 0) is 11.0 Å². The Morgan fingerprint density at radius 1 is 1.06 bits per heavy atom. The number of carbonyl (C=O) groups is 1. The van der Waals surface area contributed by atoms with Crippen LogP contribution in [0.5, 0.6) is 0 Å². The molecule has 2 aliphatic rings. The number of benzene rings is 1. The molecule has 0 bridgehead atoms. The van der Waals surface area contributed by atoms with Gasteiger partial charge in [-0.15, -0.1) is 0 Å². The number of Topliss-reactive ketones (excluding diaryl/α,β-unsaturated/α-hetero) is 1. The third kappa shape index (κ3) is 4.90. The lowest BCUT2D eigenvalue weighted by Gasteiger charge is -2.34. The van der Waals surface area contributed by atoms with E-state index < -0.39 is 11.9 Å². The lowest BCUT2D eigenvalue weighted by molar-refractivity contribution is -0.141. The van der Waals surface area contributed by atoms with Crippen LogP contribution in [0, 0.1) is 6.92 Å². The number of ketones is 1. The number of carbonyl (C=O) groups excluding carboxylic acids is 1. The molecule has 3 heterocycles. The number of aromatic nitrogens is 2. The van der Waals surface area contributed by atoms with Crippen LogP contribution in [-0.4, -0.2) is 27.1 Å². The van der Waals surface area contributed by atoms with Crippen molar-refractivity contribution in [1.82, 2.24) is 9.97 Å². The molecule has 0 amide bonds. The standard InChI is InChI=1S/C28H26F3N3O2/c1-17-4-6-23(32-15-17)20-11-21(24-14-27(36-34-24)8-3-9-27)13-22(12-20)25(35)10-18(2)19-5-7-26(33-16-19)28(29,30)31/h4-7,11-13,15-16,18H,3,8-10,14H2,1-2H3/t18-/m0/s1. The fourth-order valence-corrected chi connectivity index (χ4v) is 4.64. The van der Waals surface area contributed by atoms with Crippen LogP contribution in [0.15, 0.2) is 60.0 Å². The van der Waals surface area contributed by atoms with Crippen LogP contribution in [0.25, 0.3) is 11.3 Å². The van der Waals surface area contributed by atoms with E-state index in [4.69, 9.17) is 4.84 Å². The molecule has 2 aromatic heterocycles. The van der Waals surface area contributed by atoms with Gasteiger partial charge in [0.25, 0.3) is 0 Å². The number of rotatable bonds is 6. The second kappa shape index (κ2) is 9.15. The van der Waals surface area contributed by atoms with Crippen molar-refractivity contribution in [2.75, 3.05) is 0 Å². The molecule has 186 valence electrons. The van der Waals surface area contributed by atoms with Gasteiger partial charge >= 0.3 is 6.18 Å². The molecule has 3 aromatic rings. The van der Waals surface area contributed by atoms with Crippen LogP contribution in [0.3, 0.4) is 0 Å². The van der Waals surface area contributed by atoms with Gasteiger partial charge in [-0.2, -0.15) is 13.2 Å². The maximum Gasteiger partial charge on any atom is 0.433 e. The molecule has 5 nitrogen and oxygen atoms in total. The summed E-state index contributed by atoms with van der Waals surface area (Å²) in [4.78, 5) is 27.2. The highest BCUT2D eigenvalue weighted by Gasteiger charge is 2.45. The molecule has 1 saturated carbocycles. The van der Waals surface area contributed by atoms with Gasteiger partial charge in [0.2, 0.25) is 0 Å². The van der Waals surface area contributed by atoms with Gasteiger partial charge in [-0.1, -0.05) is 24.2 Å². The Balaban J connectivity index is 1.42. The zero-order chi connectivity index (χ0) is 25.5. The Kier molecular flexibility index (Phi) is 6.14. The summed E-state index contributed by atoms with van der Waals surface area (Å²) in [5, 5.41) is 4.35. The smallest absolute Gasteiger partial charge is 0.389 e. The third-order valence-electron chi connectivity index (χ3n) is 7.04. The summed E-state index contributed by atoms with van der Waals surface area (Å²) in [5.41, 5.74) is 4.15. The number of hydrogen-bond acceptors (Lipinski definition) is 5. The van der Waals surface area contributed by atoms with E-state index in [0.29, 0.717) is 17.5 Å². The Morgan fingerprint density at radius 2 is 1.83 bits per heavy atom. The first-order chi connectivity index (χ1) is 17.1. The highest BCUT2D eigenvalue weighted by atomic mass is 19.4. The Labute approximate surface area is 207 Å². The van der Waals surface area contributed by atoms with Crippen molar-refractivity contribution in [2.45, 2.75) is 63.6 Å².